The molecule has 0 aromatic heterocycles. The van der Waals surface area contributed by atoms with Crippen LogP contribution in [-0.4, -0.2) is 13.2 Å². The Labute approximate surface area is 104 Å². The molecule has 94 valence electrons. The summed E-state index contributed by atoms with van der Waals surface area (Å²) in [4.78, 5) is 0. The summed E-state index contributed by atoms with van der Waals surface area (Å²) < 4.78 is 11.6. The first-order valence-corrected chi connectivity index (χ1v) is 6.59. The van der Waals surface area contributed by atoms with Crippen LogP contribution in [0, 0.1) is 12.8 Å². The smallest absolute Gasteiger partial charge is 0.183 e. The summed E-state index contributed by atoms with van der Waals surface area (Å²) in [6.45, 7) is 5.98. The molecule has 1 aliphatic heterocycles. The van der Waals surface area contributed by atoms with E-state index in [4.69, 9.17) is 9.47 Å². The highest BCUT2D eigenvalue weighted by Gasteiger charge is 2.22. The number of unbranched alkanes of at least 4 members (excludes halogenated alkanes) is 1. The molecule has 2 heteroatoms. The summed E-state index contributed by atoms with van der Waals surface area (Å²) in [5.74, 6) is 0.580. The highest BCUT2D eigenvalue weighted by atomic mass is 16.7. The molecule has 1 aliphatic rings. The van der Waals surface area contributed by atoms with E-state index in [0.717, 1.165) is 18.8 Å². The summed E-state index contributed by atoms with van der Waals surface area (Å²) in [6.07, 6.45) is 3.58. The maximum Gasteiger partial charge on any atom is 0.183 e. The Morgan fingerprint density at radius 2 is 1.76 bits per heavy atom. The summed E-state index contributed by atoms with van der Waals surface area (Å²) in [5.41, 5.74) is 2.40. The van der Waals surface area contributed by atoms with Crippen molar-refractivity contribution >= 4 is 0 Å². The van der Waals surface area contributed by atoms with Crippen molar-refractivity contribution in [1.82, 2.24) is 0 Å². The largest absolute Gasteiger partial charge is 0.348 e. The number of benzene rings is 1. The minimum atomic E-state index is -0.159. The van der Waals surface area contributed by atoms with E-state index in [0.29, 0.717) is 5.92 Å². The van der Waals surface area contributed by atoms with Crippen LogP contribution in [0.25, 0.3) is 0 Å². The fourth-order valence-corrected chi connectivity index (χ4v) is 2.12. The van der Waals surface area contributed by atoms with Crippen LogP contribution in [0.15, 0.2) is 24.3 Å². The molecule has 2 rings (SSSR count). The van der Waals surface area contributed by atoms with E-state index in [9.17, 15) is 0 Å². The molecule has 1 aromatic carbocycles. The lowest BCUT2D eigenvalue weighted by molar-refractivity contribution is -0.206. The summed E-state index contributed by atoms with van der Waals surface area (Å²) in [6, 6.07) is 8.38. The van der Waals surface area contributed by atoms with Crippen LogP contribution in [0.2, 0.25) is 0 Å². The van der Waals surface area contributed by atoms with Crippen LogP contribution < -0.4 is 0 Å². The second-order valence-electron chi connectivity index (χ2n) is 4.92. The quantitative estimate of drug-likeness (QED) is 0.788. The van der Waals surface area contributed by atoms with Gasteiger partial charge in [-0.2, -0.15) is 0 Å². The molecule has 1 saturated heterocycles. The number of aryl methyl sites for hydroxylation is 1. The molecule has 0 bridgehead atoms. The van der Waals surface area contributed by atoms with Crippen molar-refractivity contribution in [2.75, 3.05) is 13.2 Å². The SMILES string of the molecule is CCCCC1COC(c2ccc(C)cc2)OC1. The Balaban J connectivity index is 1.84. The average Bonchev–Trinajstić information content (AvgIpc) is 2.38. The maximum absolute atomic E-state index is 5.79. The third-order valence-electron chi connectivity index (χ3n) is 3.28. The highest BCUT2D eigenvalue weighted by Crippen LogP contribution is 2.27. The first-order chi connectivity index (χ1) is 8.29. The molecule has 0 unspecified atom stereocenters. The van der Waals surface area contributed by atoms with Crippen LogP contribution in [0.4, 0.5) is 0 Å². The fourth-order valence-electron chi connectivity index (χ4n) is 2.12. The number of ether oxygens (including phenoxy) is 2. The van der Waals surface area contributed by atoms with E-state index in [1.165, 1.54) is 24.8 Å². The Hall–Kier alpha value is -0.860. The monoisotopic (exact) mass is 234 g/mol. The molecule has 0 atom stereocenters. The minimum Gasteiger partial charge on any atom is -0.348 e. The zero-order valence-corrected chi connectivity index (χ0v) is 10.8. The van der Waals surface area contributed by atoms with Crippen molar-refractivity contribution in [2.45, 2.75) is 39.4 Å². The molecule has 1 fully saturated rings. The van der Waals surface area contributed by atoms with Gasteiger partial charge >= 0.3 is 0 Å². The van der Waals surface area contributed by atoms with E-state index in [2.05, 4.69) is 38.1 Å². The minimum absolute atomic E-state index is 0.159. The van der Waals surface area contributed by atoms with E-state index < -0.39 is 0 Å². The van der Waals surface area contributed by atoms with Gasteiger partial charge in [0.1, 0.15) is 0 Å². The molecule has 1 heterocycles. The summed E-state index contributed by atoms with van der Waals surface area (Å²) >= 11 is 0. The average molecular weight is 234 g/mol. The van der Waals surface area contributed by atoms with E-state index >= 15 is 0 Å². The normalized spacial score (nSPS) is 24.8. The number of hydrogen-bond donors (Lipinski definition) is 0. The van der Waals surface area contributed by atoms with Gasteiger partial charge in [0, 0.05) is 11.5 Å². The summed E-state index contributed by atoms with van der Waals surface area (Å²) in [7, 11) is 0. The van der Waals surface area contributed by atoms with Crippen LogP contribution in [0.5, 0.6) is 0 Å². The zero-order valence-electron chi connectivity index (χ0n) is 10.8. The first kappa shape index (κ1) is 12.6. The van der Waals surface area contributed by atoms with Gasteiger partial charge in [-0.05, 0) is 13.3 Å². The summed E-state index contributed by atoms with van der Waals surface area (Å²) in [5, 5.41) is 0. The van der Waals surface area contributed by atoms with Crippen LogP contribution in [-0.2, 0) is 9.47 Å². The lowest BCUT2D eigenvalue weighted by Crippen LogP contribution is -2.27. The van der Waals surface area contributed by atoms with Gasteiger partial charge in [0.25, 0.3) is 0 Å². The van der Waals surface area contributed by atoms with Gasteiger partial charge < -0.3 is 9.47 Å². The topological polar surface area (TPSA) is 18.5 Å². The van der Waals surface area contributed by atoms with Gasteiger partial charge in [0.05, 0.1) is 13.2 Å². The number of hydrogen-bond acceptors (Lipinski definition) is 2. The molecule has 1 aromatic rings. The Kier molecular flexibility index (Phi) is 4.57. The van der Waals surface area contributed by atoms with E-state index in [1.807, 2.05) is 0 Å². The van der Waals surface area contributed by atoms with Crippen molar-refractivity contribution in [3.05, 3.63) is 35.4 Å². The van der Waals surface area contributed by atoms with Crippen LogP contribution in [0.3, 0.4) is 0 Å². The van der Waals surface area contributed by atoms with Crippen molar-refractivity contribution in [3.63, 3.8) is 0 Å². The molecule has 0 N–H and O–H groups in total. The first-order valence-electron chi connectivity index (χ1n) is 6.59. The molecule has 0 spiro atoms. The van der Waals surface area contributed by atoms with Gasteiger partial charge in [-0.15, -0.1) is 0 Å². The van der Waals surface area contributed by atoms with Gasteiger partial charge in [-0.25, -0.2) is 0 Å². The molecule has 2 nitrogen and oxygen atoms in total. The second kappa shape index (κ2) is 6.18. The standard InChI is InChI=1S/C15H22O2/c1-3-4-5-13-10-16-15(17-11-13)14-8-6-12(2)7-9-14/h6-9,13,15H,3-5,10-11H2,1-2H3. The zero-order chi connectivity index (χ0) is 12.1. The van der Waals surface area contributed by atoms with Crippen LogP contribution in [0.1, 0.15) is 43.6 Å². The molecule has 0 aliphatic carbocycles. The van der Waals surface area contributed by atoms with E-state index in [-0.39, 0.29) is 6.29 Å². The molecule has 0 saturated carbocycles. The van der Waals surface area contributed by atoms with Gasteiger partial charge in [0.15, 0.2) is 6.29 Å². The number of rotatable bonds is 4. The Morgan fingerprint density at radius 1 is 1.12 bits per heavy atom. The second-order valence-corrected chi connectivity index (χ2v) is 4.92. The van der Waals surface area contributed by atoms with Crippen molar-refractivity contribution in [2.24, 2.45) is 5.92 Å². The molecular formula is C15H22O2. The van der Waals surface area contributed by atoms with Crippen molar-refractivity contribution < 1.29 is 9.47 Å². The Bertz CT molecular complexity index is 323. The Morgan fingerprint density at radius 3 is 2.35 bits per heavy atom. The molecule has 17 heavy (non-hydrogen) atoms. The van der Waals surface area contributed by atoms with Gasteiger partial charge in [-0.1, -0.05) is 49.6 Å². The molecule has 0 radical (unpaired) electrons. The third-order valence-corrected chi connectivity index (χ3v) is 3.28. The maximum atomic E-state index is 5.79. The highest BCUT2D eigenvalue weighted by molar-refractivity contribution is 5.22. The molecular weight excluding hydrogens is 212 g/mol. The van der Waals surface area contributed by atoms with E-state index in [1.54, 1.807) is 0 Å². The predicted molar refractivity (Wildman–Crippen MR) is 68.8 cm³/mol. The van der Waals surface area contributed by atoms with Gasteiger partial charge in [0.2, 0.25) is 0 Å². The predicted octanol–water partition coefficient (Wildman–Crippen LogP) is 3.85. The molecule has 0 amide bonds. The fraction of sp³-hybridized carbons (Fsp3) is 0.600. The van der Waals surface area contributed by atoms with Gasteiger partial charge in [-0.3, -0.25) is 0 Å². The third kappa shape index (κ3) is 3.55. The van der Waals surface area contributed by atoms with Crippen LogP contribution >= 0.6 is 0 Å². The van der Waals surface area contributed by atoms with Crippen molar-refractivity contribution in [1.29, 1.82) is 0 Å². The van der Waals surface area contributed by atoms with Crippen molar-refractivity contribution in [3.8, 4) is 0 Å². The lowest BCUT2D eigenvalue weighted by Gasteiger charge is -2.29. The lowest BCUT2D eigenvalue weighted by atomic mass is 10.0.